The number of β-amino-alcohol motifs (C(OH)–C–C–N with tert-alkyl or cyclic N) is 1. The van der Waals surface area contributed by atoms with Crippen LogP contribution in [0.1, 0.15) is 17.5 Å². The van der Waals surface area contributed by atoms with Gasteiger partial charge in [0.15, 0.2) is 11.5 Å². The summed E-state index contributed by atoms with van der Waals surface area (Å²) in [6, 6.07) is 13.1. The van der Waals surface area contributed by atoms with Crippen LogP contribution in [0.3, 0.4) is 0 Å². The number of benzene rings is 2. The average molecular weight is 483 g/mol. The van der Waals surface area contributed by atoms with Crippen LogP contribution < -0.4 is 5.32 Å². The van der Waals surface area contributed by atoms with E-state index >= 15 is 4.39 Å². The third-order valence-corrected chi connectivity index (χ3v) is 6.27. The third kappa shape index (κ3) is 4.17. The molecule has 1 atom stereocenters. The van der Waals surface area contributed by atoms with Crippen molar-refractivity contribution in [2.24, 2.45) is 0 Å². The SMILES string of the molecule is N#Cc1c(-c2ccc(C(F)(F)F)cc2)c(F)c(NCCN2CCC(O)C2)n2c1nc1ccccc12. The molecule has 1 unspecified atom stereocenters. The van der Waals surface area contributed by atoms with Gasteiger partial charge in [0.05, 0.1) is 22.7 Å². The fourth-order valence-electron chi connectivity index (χ4n) is 4.57. The van der Waals surface area contributed by atoms with Gasteiger partial charge in [-0.3, -0.25) is 9.30 Å². The van der Waals surface area contributed by atoms with Crippen molar-refractivity contribution in [3.05, 3.63) is 65.5 Å². The number of imidazole rings is 1. The number of alkyl halides is 3. The van der Waals surface area contributed by atoms with Crippen LogP contribution in [0.4, 0.5) is 23.4 Å². The number of hydrogen-bond acceptors (Lipinski definition) is 5. The highest BCUT2D eigenvalue weighted by Crippen LogP contribution is 2.37. The highest BCUT2D eigenvalue weighted by atomic mass is 19.4. The smallest absolute Gasteiger partial charge is 0.392 e. The van der Waals surface area contributed by atoms with Gasteiger partial charge in [0.2, 0.25) is 0 Å². The molecule has 1 aliphatic heterocycles. The Morgan fingerprint density at radius 2 is 1.89 bits per heavy atom. The number of pyridine rings is 1. The van der Waals surface area contributed by atoms with Crippen LogP contribution >= 0.6 is 0 Å². The van der Waals surface area contributed by atoms with Gasteiger partial charge in [-0.25, -0.2) is 9.37 Å². The molecule has 1 saturated heterocycles. The Hall–Kier alpha value is -3.68. The predicted octanol–water partition coefficient (Wildman–Crippen LogP) is 4.66. The summed E-state index contributed by atoms with van der Waals surface area (Å²) >= 11 is 0. The van der Waals surface area contributed by atoms with E-state index in [1.807, 2.05) is 6.07 Å². The van der Waals surface area contributed by atoms with Gasteiger partial charge in [-0.15, -0.1) is 0 Å². The quantitative estimate of drug-likeness (QED) is 0.404. The van der Waals surface area contributed by atoms with Crippen molar-refractivity contribution >= 4 is 22.5 Å². The zero-order chi connectivity index (χ0) is 24.7. The van der Waals surface area contributed by atoms with Gasteiger partial charge in [-0.2, -0.15) is 18.4 Å². The number of fused-ring (bicyclic) bond motifs is 3. The van der Waals surface area contributed by atoms with E-state index in [2.05, 4.69) is 15.2 Å². The van der Waals surface area contributed by atoms with E-state index in [0.29, 0.717) is 37.1 Å². The summed E-state index contributed by atoms with van der Waals surface area (Å²) in [5.74, 6) is -0.680. The Balaban J connectivity index is 1.65. The number of likely N-dealkylation sites (tertiary alicyclic amines) is 1. The standard InChI is InChI=1S/C25H21F4N5O/c26-22-21(15-5-7-16(8-6-15)25(27,28)29)18(13-30)23-32-19-3-1-2-4-20(19)34(23)24(22)31-10-12-33-11-9-17(35)14-33/h1-8,17,31,35H,9-12,14H2. The van der Waals surface area contributed by atoms with Crippen LogP contribution in [0.5, 0.6) is 0 Å². The maximum absolute atomic E-state index is 16.1. The fourth-order valence-corrected chi connectivity index (χ4v) is 4.57. The minimum absolute atomic E-state index is 0.0633. The maximum Gasteiger partial charge on any atom is 0.416 e. The van der Waals surface area contributed by atoms with Gasteiger partial charge >= 0.3 is 6.18 Å². The molecular weight excluding hydrogens is 462 g/mol. The van der Waals surface area contributed by atoms with E-state index < -0.39 is 17.6 Å². The summed E-state index contributed by atoms with van der Waals surface area (Å²) in [5, 5.41) is 22.8. The second-order valence-corrected chi connectivity index (χ2v) is 8.53. The second-order valence-electron chi connectivity index (χ2n) is 8.53. The Bertz CT molecular complexity index is 1440. The first kappa shape index (κ1) is 23.1. The molecule has 1 fully saturated rings. The van der Waals surface area contributed by atoms with Crippen molar-refractivity contribution in [1.82, 2.24) is 14.3 Å². The van der Waals surface area contributed by atoms with Crippen molar-refractivity contribution in [3.8, 4) is 17.2 Å². The zero-order valence-electron chi connectivity index (χ0n) is 18.5. The molecular formula is C25H21F4N5O. The molecule has 0 saturated carbocycles. The van der Waals surface area contributed by atoms with Gasteiger partial charge < -0.3 is 10.4 Å². The molecule has 2 N–H and O–H groups in total. The summed E-state index contributed by atoms with van der Waals surface area (Å²) in [5.41, 5.74) is 0.472. The lowest BCUT2D eigenvalue weighted by Gasteiger charge is -2.19. The minimum Gasteiger partial charge on any atom is -0.392 e. The summed E-state index contributed by atoms with van der Waals surface area (Å²) in [4.78, 5) is 6.59. The highest BCUT2D eigenvalue weighted by molar-refractivity contribution is 5.90. The fraction of sp³-hybridized carbons (Fsp3) is 0.280. The van der Waals surface area contributed by atoms with E-state index in [-0.39, 0.29) is 34.3 Å². The number of rotatable bonds is 5. The number of hydrogen-bond donors (Lipinski definition) is 2. The molecule has 0 amide bonds. The van der Waals surface area contributed by atoms with Gasteiger partial charge in [0.25, 0.3) is 0 Å². The first-order valence-electron chi connectivity index (χ1n) is 11.1. The van der Waals surface area contributed by atoms with Crippen LogP contribution in [0.2, 0.25) is 0 Å². The first-order valence-corrected chi connectivity index (χ1v) is 11.1. The van der Waals surface area contributed by atoms with Crippen LogP contribution in [0, 0.1) is 17.1 Å². The number of para-hydroxylation sites is 2. The van der Waals surface area contributed by atoms with E-state index in [1.54, 1.807) is 24.3 Å². The molecule has 180 valence electrons. The lowest BCUT2D eigenvalue weighted by molar-refractivity contribution is -0.137. The Morgan fingerprint density at radius 3 is 2.54 bits per heavy atom. The van der Waals surface area contributed by atoms with Crippen molar-refractivity contribution in [1.29, 1.82) is 5.26 Å². The molecule has 4 aromatic rings. The largest absolute Gasteiger partial charge is 0.416 e. The summed E-state index contributed by atoms with van der Waals surface area (Å²) in [7, 11) is 0. The van der Waals surface area contributed by atoms with E-state index in [1.165, 1.54) is 4.40 Å². The van der Waals surface area contributed by atoms with Gasteiger partial charge in [-0.1, -0.05) is 24.3 Å². The maximum atomic E-state index is 16.1. The lowest BCUT2D eigenvalue weighted by Crippen LogP contribution is -2.28. The molecule has 2 aromatic carbocycles. The Labute approximate surface area is 198 Å². The molecule has 3 heterocycles. The van der Waals surface area contributed by atoms with Crippen molar-refractivity contribution in [2.75, 3.05) is 31.5 Å². The molecule has 5 rings (SSSR count). The van der Waals surface area contributed by atoms with Crippen LogP contribution in [0.25, 0.3) is 27.8 Å². The third-order valence-electron chi connectivity index (χ3n) is 6.27. The van der Waals surface area contributed by atoms with Crippen molar-refractivity contribution in [3.63, 3.8) is 0 Å². The lowest BCUT2D eigenvalue weighted by atomic mass is 9.99. The average Bonchev–Trinajstić information content (AvgIpc) is 3.42. The number of aromatic nitrogens is 2. The molecule has 0 spiro atoms. The number of nitrogens with one attached hydrogen (secondary N) is 1. The summed E-state index contributed by atoms with van der Waals surface area (Å²) in [6.07, 6.45) is -4.23. The molecule has 0 aliphatic carbocycles. The molecule has 35 heavy (non-hydrogen) atoms. The first-order chi connectivity index (χ1) is 16.8. The highest BCUT2D eigenvalue weighted by Gasteiger charge is 2.31. The number of nitrogens with zero attached hydrogens (tertiary/aromatic N) is 4. The molecule has 1 aliphatic rings. The van der Waals surface area contributed by atoms with Gasteiger partial charge in [-0.05, 0) is 36.2 Å². The molecule has 10 heteroatoms. The van der Waals surface area contributed by atoms with Gasteiger partial charge in [0.1, 0.15) is 17.5 Å². The Kier molecular flexibility index (Phi) is 5.83. The van der Waals surface area contributed by atoms with Crippen LogP contribution in [0.15, 0.2) is 48.5 Å². The number of aliphatic hydroxyl groups excluding tert-OH is 1. The second kappa shape index (κ2) is 8.83. The van der Waals surface area contributed by atoms with E-state index in [4.69, 9.17) is 0 Å². The number of aliphatic hydroxyl groups is 1. The predicted molar refractivity (Wildman–Crippen MR) is 123 cm³/mol. The van der Waals surface area contributed by atoms with Crippen molar-refractivity contribution in [2.45, 2.75) is 18.7 Å². The van der Waals surface area contributed by atoms with E-state index in [0.717, 1.165) is 30.8 Å². The molecule has 0 radical (unpaired) electrons. The molecule has 2 aromatic heterocycles. The number of anilines is 1. The zero-order valence-corrected chi connectivity index (χ0v) is 18.5. The summed E-state index contributed by atoms with van der Waals surface area (Å²) in [6.45, 7) is 2.18. The van der Waals surface area contributed by atoms with Crippen molar-refractivity contribution < 1.29 is 22.7 Å². The number of halogens is 4. The van der Waals surface area contributed by atoms with Crippen LogP contribution in [-0.2, 0) is 6.18 Å². The molecule has 0 bridgehead atoms. The number of nitriles is 1. The monoisotopic (exact) mass is 483 g/mol. The van der Waals surface area contributed by atoms with Crippen LogP contribution in [-0.4, -0.2) is 51.7 Å². The minimum atomic E-state index is -4.53. The van der Waals surface area contributed by atoms with E-state index in [9.17, 15) is 23.5 Å². The molecule has 6 nitrogen and oxygen atoms in total. The topological polar surface area (TPSA) is 76.6 Å². The normalized spacial score (nSPS) is 16.7. The Morgan fingerprint density at radius 1 is 1.14 bits per heavy atom. The van der Waals surface area contributed by atoms with Gasteiger partial charge in [0, 0.05) is 31.7 Å². The summed E-state index contributed by atoms with van der Waals surface area (Å²) < 4.78 is 56.8.